The Bertz CT molecular complexity index is 1420. The predicted molar refractivity (Wildman–Crippen MR) is 117 cm³/mol. The van der Waals surface area contributed by atoms with E-state index in [0.29, 0.717) is 29.3 Å². The van der Waals surface area contributed by atoms with Crippen LogP contribution in [0.3, 0.4) is 0 Å². The van der Waals surface area contributed by atoms with Gasteiger partial charge in [-0.15, -0.1) is 11.3 Å². The summed E-state index contributed by atoms with van der Waals surface area (Å²) in [6, 6.07) is 9.00. The lowest BCUT2D eigenvalue weighted by Crippen LogP contribution is -2.25. The first-order valence-electron chi connectivity index (χ1n) is 10.3. The molecule has 8 heteroatoms. The summed E-state index contributed by atoms with van der Waals surface area (Å²) >= 11 is 1.59. The minimum Gasteiger partial charge on any atom is -0.454 e. The second-order valence-electron chi connectivity index (χ2n) is 7.79. The molecule has 0 unspecified atom stereocenters. The Balaban J connectivity index is 1.36. The number of benzene rings is 1. The van der Waals surface area contributed by atoms with Gasteiger partial charge in [0.2, 0.25) is 6.79 Å². The highest BCUT2D eigenvalue weighted by molar-refractivity contribution is 7.18. The monoisotopic (exact) mass is 433 g/mol. The van der Waals surface area contributed by atoms with Crippen molar-refractivity contribution >= 4 is 33.1 Å². The smallest absolute Gasteiger partial charge is 0.266 e. The number of amides is 1. The van der Waals surface area contributed by atoms with E-state index in [1.807, 2.05) is 18.2 Å². The fraction of sp³-hybridized carbons (Fsp3) is 0.261. The first-order chi connectivity index (χ1) is 15.2. The molecule has 0 fully saturated rings. The highest BCUT2D eigenvalue weighted by atomic mass is 32.1. The summed E-state index contributed by atoms with van der Waals surface area (Å²) in [6.07, 6.45) is 5.86. The minimum absolute atomic E-state index is 0.0928. The quantitative estimate of drug-likeness (QED) is 0.535. The van der Waals surface area contributed by atoms with E-state index in [1.165, 1.54) is 9.28 Å². The molecule has 1 aliphatic carbocycles. The van der Waals surface area contributed by atoms with Crippen LogP contribution >= 0.6 is 11.3 Å². The van der Waals surface area contributed by atoms with E-state index in [4.69, 9.17) is 14.5 Å². The highest BCUT2D eigenvalue weighted by Crippen LogP contribution is 2.34. The van der Waals surface area contributed by atoms with Crippen molar-refractivity contribution < 1.29 is 14.3 Å². The van der Waals surface area contributed by atoms with Crippen LogP contribution in [0.2, 0.25) is 0 Å². The molecular formula is C23H19N3O4S. The lowest BCUT2D eigenvalue weighted by molar-refractivity contribution is 0.0952. The molecule has 0 radical (unpaired) electrons. The lowest BCUT2D eigenvalue weighted by atomic mass is 9.97. The van der Waals surface area contributed by atoms with E-state index in [9.17, 15) is 9.59 Å². The molecule has 156 valence electrons. The molecular weight excluding hydrogens is 414 g/mol. The Hall–Kier alpha value is -3.39. The van der Waals surface area contributed by atoms with Gasteiger partial charge >= 0.3 is 0 Å². The van der Waals surface area contributed by atoms with Crippen LogP contribution in [0.4, 0.5) is 0 Å². The Morgan fingerprint density at radius 1 is 1.16 bits per heavy atom. The normalized spacial score (nSPS) is 14.7. The van der Waals surface area contributed by atoms with Crippen LogP contribution in [0, 0.1) is 0 Å². The van der Waals surface area contributed by atoms with Crippen molar-refractivity contribution in [3.8, 4) is 11.5 Å². The van der Waals surface area contributed by atoms with Gasteiger partial charge in [-0.25, -0.2) is 4.98 Å². The van der Waals surface area contributed by atoms with Gasteiger partial charge in [-0.1, -0.05) is 6.07 Å². The number of hydrogen-bond donors (Lipinski definition) is 1. The summed E-state index contributed by atoms with van der Waals surface area (Å²) in [7, 11) is 0. The lowest BCUT2D eigenvalue weighted by Gasteiger charge is -2.11. The number of aryl methyl sites for hydroxylation is 2. The number of aromatic nitrogens is 2. The molecule has 1 aromatic carbocycles. The van der Waals surface area contributed by atoms with Gasteiger partial charge in [0.1, 0.15) is 4.83 Å². The third kappa shape index (κ3) is 2.97. The molecule has 6 rings (SSSR count). The molecule has 0 bridgehead atoms. The second-order valence-corrected chi connectivity index (χ2v) is 8.88. The van der Waals surface area contributed by atoms with E-state index >= 15 is 0 Å². The fourth-order valence-electron chi connectivity index (χ4n) is 4.35. The zero-order valence-corrected chi connectivity index (χ0v) is 17.5. The maximum Gasteiger partial charge on any atom is 0.266 e. The second kappa shape index (κ2) is 7.09. The summed E-state index contributed by atoms with van der Waals surface area (Å²) in [5.41, 5.74) is 2.73. The van der Waals surface area contributed by atoms with Gasteiger partial charge in [0, 0.05) is 17.6 Å². The molecule has 0 saturated heterocycles. The van der Waals surface area contributed by atoms with Crippen molar-refractivity contribution in [2.75, 3.05) is 6.79 Å². The van der Waals surface area contributed by atoms with Gasteiger partial charge in [-0.2, -0.15) is 0 Å². The zero-order valence-electron chi connectivity index (χ0n) is 16.6. The maximum atomic E-state index is 13.3. The van der Waals surface area contributed by atoms with Crippen LogP contribution in [0.5, 0.6) is 11.5 Å². The van der Waals surface area contributed by atoms with Crippen LogP contribution in [-0.2, 0) is 19.4 Å². The van der Waals surface area contributed by atoms with E-state index < -0.39 is 0 Å². The average molecular weight is 433 g/mol. The number of rotatable bonds is 3. The highest BCUT2D eigenvalue weighted by Gasteiger charge is 2.22. The van der Waals surface area contributed by atoms with E-state index in [1.54, 1.807) is 29.7 Å². The number of carbonyl (C=O) groups is 1. The Labute approximate surface area is 181 Å². The van der Waals surface area contributed by atoms with Gasteiger partial charge in [-0.3, -0.25) is 14.0 Å². The number of pyridine rings is 1. The van der Waals surface area contributed by atoms with Crippen molar-refractivity contribution in [3.63, 3.8) is 0 Å². The number of carbonyl (C=O) groups excluding carboxylic acids is 1. The molecule has 1 amide bonds. The predicted octanol–water partition coefficient (Wildman–Crippen LogP) is 3.45. The Morgan fingerprint density at radius 2 is 2.03 bits per heavy atom. The number of nitrogens with one attached hydrogen (secondary N) is 1. The van der Waals surface area contributed by atoms with Crippen LogP contribution < -0.4 is 20.3 Å². The summed E-state index contributed by atoms with van der Waals surface area (Å²) in [6.45, 7) is 0.540. The average Bonchev–Trinajstić information content (AvgIpc) is 3.41. The summed E-state index contributed by atoms with van der Waals surface area (Å²) < 4.78 is 12.2. The first kappa shape index (κ1) is 18.4. The van der Waals surface area contributed by atoms with Gasteiger partial charge < -0.3 is 14.8 Å². The number of ether oxygens (including phenoxy) is 2. The maximum absolute atomic E-state index is 13.3. The topological polar surface area (TPSA) is 81.9 Å². The standard InChI is InChI=1S/C23H19N3O4S/c27-21(24-11-13-7-8-16-17(10-13)30-12-29-16)15-5-3-9-26-20(15)25-22-19(23(26)28)14-4-1-2-6-18(14)31-22/h3,5,7-10H,1-2,4,6,11-12H2,(H,24,27). The zero-order chi connectivity index (χ0) is 20.9. The van der Waals surface area contributed by atoms with Crippen molar-refractivity contribution in [1.82, 2.24) is 14.7 Å². The fourth-order valence-corrected chi connectivity index (χ4v) is 5.60. The summed E-state index contributed by atoms with van der Waals surface area (Å²) in [5, 5.41) is 3.65. The number of nitrogens with zero attached hydrogens (tertiary/aromatic N) is 2. The van der Waals surface area contributed by atoms with Gasteiger partial charge in [0.25, 0.3) is 11.5 Å². The molecule has 0 atom stereocenters. The third-order valence-corrected chi connectivity index (χ3v) is 7.08. The summed E-state index contributed by atoms with van der Waals surface area (Å²) in [5.74, 6) is 1.10. The van der Waals surface area contributed by atoms with E-state index in [-0.39, 0.29) is 18.3 Å². The molecule has 3 aromatic heterocycles. The van der Waals surface area contributed by atoms with Gasteiger partial charge in [0.05, 0.1) is 10.9 Å². The van der Waals surface area contributed by atoms with Gasteiger partial charge in [-0.05, 0) is 61.1 Å². The molecule has 31 heavy (non-hydrogen) atoms. The van der Waals surface area contributed by atoms with Crippen molar-refractivity contribution in [3.05, 3.63) is 68.4 Å². The minimum atomic E-state index is -0.275. The van der Waals surface area contributed by atoms with Crippen LogP contribution in [-0.4, -0.2) is 22.1 Å². The van der Waals surface area contributed by atoms with Crippen LogP contribution in [0.1, 0.15) is 39.2 Å². The van der Waals surface area contributed by atoms with Gasteiger partial charge in [0.15, 0.2) is 17.1 Å². The molecule has 2 aliphatic rings. The van der Waals surface area contributed by atoms with Crippen molar-refractivity contribution in [1.29, 1.82) is 0 Å². The SMILES string of the molecule is O=C(NCc1ccc2c(c1)OCO2)c1cccn2c(=O)c3c4c(sc3nc12)CCCC4. The van der Waals surface area contributed by atoms with Crippen molar-refractivity contribution in [2.45, 2.75) is 32.2 Å². The van der Waals surface area contributed by atoms with Crippen LogP contribution in [0.15, 0.2) is 41.3 Å². The van der Waals surface area contributed by atoms with E-state index in [2.05, 4.69) is 5.32 Å². The number of thiophene rings is 1. The largest absolute Gasteiger partial charge is 0.454 e. The van der Waals surface area contributed by atoms with E-state index in [0.717, 1.165) is 47.0 Å². The summed E-state index contributed by atoms with van der Waals surface area (Å²) in [4.78, 5) is 33.0. The molecule has 4 heterocycles. The molecule has 7 nitrogen and oxygen atoms in total. The molecule has 0 spiro atoms. The van der Waals surface area contributed by atoms with Crippen LogP contribution in [0.25, 0.3) is 15.9 Å². The molecule has 1 N–H and O–H groups in total. The number of hydrogen-bond acceptors (Lipinski definition) is 6. The molecule has 0 saturated carbocycles. The third-order valence-electron chi connectivity index (χ3n) is 5.89. The molecule has 1 aliphatic heterocycles. The van der Waals surface area contributed by atoms with Crippen molar-refractivity contribution in [2.24, 2.45) is 0 Å². The Kier molecular flexibility index (Phi) is 4.21. The Morgan fingerprint density at radius 3 is 2.97 bits per heavy atom. The first-order valence-corrected chi connectivity index (χ1v) is 11.1. The number of fused-ring (bicyclic) bond motifs is 5. The molecule has 4 aromatic rings.